The highest BCUT2D eigenvalue weighted by Gasteiger charge is 2.27. The summed E-state index contributed by atoms with van der Waals surface area (Å²) in [5, 5.41) is 13.8. The standard InChI is InChI=1S/C16H18ClN3O3/c1-16(22,11-4-2-3-5-12(11)17)10-19-15(21)13-8-18-14-9-23-7-6-20(13)14/h2-5,8,22H,6-7,9-10H2,1H3,(H,19,21). The first-order chi connectivity index (χ1) is 11.0. The fraction of sp³-hybridized carbons (Fsp3) is 0.375. The van der Waals surface area contributed by atoms with Gasteiger partial charge in [0.1, 0.15) is 23.7 Å². The number of imidazole rings is 1. The van der Waals surface area contributed by atoms with Gasteiger partial charge in [-0.15, -0.1) is 0 Å². The lowest BCUT2D eigenvalue weighted by atomic mass is 9.96. The third-order valence-corrected chi connectivity index (χ3v) is 4.24. The predicted octanol–water partition coefficient (Wildman–Crippen LogP) is 1.70. The molecule has 1 aromatic carbocycles. The fourth-order valence-electron chi connectivity index (χ4n) is 2.62. The number of aliphatic hydroxyl groups is 1. The topological polar surface area (TPSA) is 76.4 Å². The number of amides is 1. The average molecular weight is 336 g/mol. The van der Waals surface area contributed by atoms with Crippen molar-refractivity contribution in [3.8, 4) is 0 Å². The molecule has 0 saturated carbocycles. The van der Waals surface area contributed by atoms with Crippen molar-refractivity contribution >= 4 is 17.5 Å². The third kappa shape index (κ3) is 3.24. The predicted molar refractivity (Wildman–Crippen MR) is 85.2 cm³/mol. The lowest BCUT2D eigenvalue weighted by Crippen LogP contribution is -2.39. The average Bonchev–Trinajstić information content (AvgIpc) is 2.97. The van der Waals surface area contributed by atoms with Gasteiger partial charge in [0.25, 0.3) is 5.91 Å². The number of benzene rings is 1. The van der Waals surface area contributed by atoms with Crippen molar-refractivity contribution < 1.29 is 14.6 Å². The number of hydrogen-bond acceptors (Lipinski definition) is 4. The third-order valence-electron chi connectivity index (χ3n) is 3.91. The number of halogens is 1. The van der Waals surface area contributed by atoms with Gasteiger partial charge in [0.05, 0.1) is 19.3 Å². The van der Waals surface area contributed by atoms with E-state index in [1.54, 1.807) is 31.2 Å². The van der Waals surface area contributed by atoms with Crippen LogP contribution in [-0.4, -0.2) is 33.7 Å². The monoisotopic (exact) mass is 335 g/mol. The summed E-state index contributed by atoms with van der Waals surface area (Å²) >= 11 is 6.12. The van der Waals surface area contributed by atoms with E-state index in [0.717, 1.165) is 5.82 Å². The molecule has 1 aliphatic rings. The van der Waals surface area contributed by atoms with Crippen molar-refractivity contribution in [2.75, 3.05) is 13.2 Å². The zero-order chi connectivity index (χ0) is 16.4. The molecule has 1 atom stereocenters. The van der Waals surface area contributed by atoms with Crippen LogP contribution in [0.4, 0.5) is 0 Å². The second-order valence-electron chi connectivity index (χ2n) is 5.70. The highest BCUT2D eigenvalue weighted by Crippen LogP contribution is 2.27. The molecule has 1 unspecified atom stereocenters. The van der Waals surface area contributed by atoms with E-state index >= 15 is 0 Å². The summed E-state index contributed by atoms with van der Waals surface area (Å²) in [4.78, 5) is 16.6. The van der Waals surface area contributed by atoms with Crippen molar-refractivity contribution in [3.63, 3.8) is 0 Å². The van der Waals surface area contributed by atoms with Crippen molar-refractivity contribution in [3.05, 3.63) is 52.6 Å². The van der Waals surface area contributed by atoms with Gasteiger partial charge in [-0.05, 0) is 13.0 Å². The number of fused-ring (bicyclic) bond motifs is 1. The van der Waals surface area contributed by atoms with Crippen LogP contribution in [0.3, 0.4) is 0 Å². The van der Waals surface area contributed by atoms with Gasteiger partial charge in [-0.2, -0.15) is 0 Å². The maximum Gasteiger partial charge on any atom is 0.269 e. The highest BCUT2D eigenvalue weighted by atomic mass is 35.5. The molecule has 0 aliphatic carbocycles. The molecule has 2 aromatic rings. The van der Waals surface area contributed by atoms with Crippen molar-refractivity contribution in [1.82, 2.24) is 14.9 Å². The Morgan fingerprint density at radius 2 is 2.30 bits per heavy atom. The number of aromatic nitrogens is 2. The molecule has 0 spiro atoms. The quantitative estimate of drug-likeness (QED) is 0.891. The van der Waals surface area contributed by atoms with Crippen LogP contribution in [-0.2, 0) is 23.5 Å². The molecule has 0 fully saturated rings. The molecule has 0 radical (unpaired) electrons. The summed E-state index contributed by atoms with van der Waals surface area (Å²) in [6, 6.07) is 7.04. The van der Waals surface area contributed by atoms with Crippen LogP contribution in [0.5, 0.6) is 0 Å². The lowest BCUT2D eigenvalue weighted by molar-refractivity contribution is 0.0518. The first-order valence-electron chi connectivity index (χ1n) is 7.37. The maximum absolute atomic E-state index is 12.4. The zero-order valence-electron chi connectivity index (χ0n) is 12.8. The Kier molecular flexibility index (Phi) is 4.39. The van der Waals surface area contributed by atoms with E-state index in [2.05, 4.69) is 10.3 Å². The van der Waals surface area contributed by atoms with Gasteiger partial charge >= 0.3 is 0 Å². The maximum atomic E-state index is 12.4. The van der Waals surface area contributed by atoms with Crippen LogP contribution in [0.25, 0.3) is 0 Å². The zero-order valence-corrected chi connectivity index (χ0v) is 13.5. The molecule has 122 valence electrons. The molecule has 1 amide bonds. The molecule has 23 heavy (non-hydrogen) atoms. The Morgan fingerprint density at radius 1 is 1.52 bits per heavy atom. The number of rotatable bonds is 4. The van der Waals surface area contributed by atoms with Gasteiger partial charge in [0.15, 0.2) is 0 Å². The molecular formula is C16H18ClN3O3. The van der Waals surface area contributed by atoms with Crippen molar-refractivity contribution in [2.45, 2.75) is 25.7 Å². The van der Waals surface area contributed by atoms with Crippen LogP contribution in [0.1, 0.15) is 28.8 Å². The number of nitrogens with zero attached hydrogens (tertiary/aromatic N) is 2. The SMILES string of the molecule is CC(O)(CNC(=O)c1cnc2n1CCOC2)c1ccccc1Cl. The molecule has 0 saturated heterocycles. The van der Waals surface area contributed by atoms with Gasteiger partial charge in [-0.3, -0.25) is 4.79 Å². The van der Waals surface area contributed by atoms with Gasteiger partial charge in [-0.25, -0.2) is 4.98 Å². The Balaban J connectivity index is 1.72. The number of ether oxygens (including phenoxy) is 1. The van der Waals surface area contributed by atoms with Crippen molar-refractivity contribution in [1.29, 1.82) is 0 Å². The van der Waals surface area contributed by atoms with E-state index in [9.17, 15) is 9.90 Å². The molecule has 1 aromatic heterocycles. The molecular weight excluding hydrogens is 318 g/mol. The minimum atomic E-state index is -1.26. The summed E-state index contributed by atoms with van der Waals surface area (Å²) in [6.07, 6.45) is 1.53. The molecule has 6 nitrogen and oxygen atoms in total. The van der Waals surface area contributed by atoms with E-state index in [0.29, 0.717) is 36.0 Å². The summed E-state index contributed by atoms with van der Waals surface area (Å²) in [6.45, 7) is 3.23. The molecule has 2 N–H and O–H groups in total. The molecule has 7 heteroatoms. The van der Waals surface area contributed by atoms with E-state index in [-0.39, 0.29) is 12.5 Å². The summed E-state index contributed by atoms with van der Waals surface area (Å²) in [5.41, 5.74) is -0.217. The lowest BCUT2D eigenvalue weighted by Gasteiger charge is -2.25. The Morgan fingerprint density at radius 3 is 3.09 bits per heavy atom. The smallest absolute Gasteiger partial charge is 0.269 e. The first kappa shape index (κ1) is 16.0. The molecule has 3 rings (SSSR count). The minimum absolute atomic E-state index is 0.0482. The van der Waals surface area contributed by atoms with E-state index in [4.69, 9.17) is 16.3 Å². The highest BCUT2D eigenvalue weighted by molar-refractivity contribution is 6.31. The first-order valence-corrected chi connectivity index (χ1v) is 7.74. The van der Waals surface area contributed by atoms with Gasteiger partial charge in [-0.1, -0.05) is 29.8 Å². The van der Waals surface area contributed by atoms with Crippen LogP contribution in [0.2, 0.25) is 5.02 Å². The van der Waals surface area contributed by atoms with Gasteiger partial charge < -0.3 is 19.7 Å². The fourth-order valence-corrected chi connectivity index (χ4v) is 2.95. The number of hydrogen-bond donors (Lipinski definition) is 2. The number of nitrogens with one attached hydrogen (secondary N) is 1. The van der Waals surface area contributed by atoms with E-state index in [1.165, 1.54) is 6.20 Å². The van der Waals surface area contributed by atoms with Crippen LogP contribution >= 0.6 is 11.6 Å². The van der Waals surface area contributed by atoms with Crippen LogP contribution in [0, 0.1) is 0 Å². The van der Waals surface area contributed by atoms with E-state index in [1.807, 2.05) is 4.57 Å². The van der Waals surface area contributed by atoms with Gasteiger partial charge in [0, 0.05) is 17.1 Å². The second kappa shape index (κ2) is 6.31. The van der Waals surface area contributed by atoms with Crippen LogP contribution in [0.15, 0.2) is 30.5 Å². The van der Waals surface area contributed by atoms with Gasteiger partial charge in [0.2, 0.25) is 0 Å². The summed E-state index contributed by atoms with van der Waals surface area (Å²) < 4.78 is 7.14. The van der Waals surface area contributed by atoms with Crippen LogP contribution < -0.4 is 5.32 Å². The normalized spacial score (nSPS) is 16.5. The molecule has 2 heterocycles. The summed E-state index contributed by atoms with van der Waals surface area (Å²) in [7, 11) is 0. The van der Waals surface area contributed by atoms with E-state index < -0.39 is 5.60 Å². The number of carbonyl (C=O) groups excluding carboxylic acids is 1. The minimum Gasteiger partial charge on any atom is -0.384 e. The largest absolute Gasteiger partial charge is 0.384 e. The van der Waals surface area contributed by atoms with Crippen molar-refractivity contribution in [2.24, 2.45) is 0 Å². The molecule has 1 aliphatic heterocycles. The number of carbonyl (C=O) groups is 1. The summed E-state index contributed by atoms with van der Waals surface area (Å²) in [5.74, 6) is 0.456. The Hall–Kier alpha value is -1.89. The molecule has 0 bridgehead atoms. The Bertz CT molecular complexity index is 727. The Labute approximate surface area is 139 Å². The second-order valence-corrected chi connectivity index (χ2v) is 6.11.